The van der Waals surface area contributed by atoms with Crippen molar-refractivity contribution in [2.24, 2.45) is 21.1 Å². The van der Waals surface area contributed by atoms with Crippen LogP contribution >= 0.6 is 0 Å². The zero-order chi connectivity index (χ0) is 24.1. The number of methoxy groups -OCH3 is 1. The second-order valence-corrected chi connectivity index (χ2v) is 8.84. The van der Waals surface area contributed by atoms with Crippen molar-refractivity contribution in [1.29, 1.82) is 0 Å². The molecule has 0 unspecified atom stereocenters. The fourth-order valence-electron chi connectivity index (χ4n) is 5.59. The normalized spacial score (nSPS) is 30.6. The summed E-state index contributed by atoms with van der Waals surface area (Å²) in [6.45, 7) is -0.372. The van der Waals surface area contributed by atoms with Gasteiger partial charge in [0.25, 0.3) is 0 Å². The van der Waals surface area contributed by atoms with Gasteiger partial charge in [-0.2, -0.15) is 0 Å². The molecule has 5 heteroatoms. The molecule has 0 bridgehead atoms. The zero-order valence-electron chi connectivity index (χ0n) is 20.9. The molecule has 0 amide bonds. The minimum Gasteiger partial charge on any atom is -0.382 e. The summed E-state index contributed by atoms with van der Waals surface area (Å²) in [4.78, 5) is 14.4. The lowest BCUT2D eigenvalue weighted by Crippen LogP contribution is -2.43. The van der Waals surface area contributed by atoms with E-state index in [-0.39, 0.29) is 11.5 Å². The van der Waals surface area contributed by atoms with E-state index in [0.29, 0.717) is 11.4 Å². The number of aliphatic imine (C=N–C) groups is 2. The third-order valence-corrected chi connectivity index (χ3v) is 7.24. The molecular formula is C26H28N4O. The zero-order valence-corrected chi connectivity index (χ0v) is 17.9. The molecule has 1 fully saturated rings. The maximum absolute atomic E-state index is 7.32. The second-order valence-electron chi connectivity index (χ2n) is 8.84. The van der Waals surface area contributed by atoms with Crippen LogP contribution < -0.4 is 5.73 Å². The van der Waals surface area contributed by atoms with Crippen LogP contribution in [0.4, 0.5) is 0 Å². The minimum atomic E-state index is -2.30. The van der Waals surface area contributed by atoms with E-state index in [1.54, 1.807) is 19.5 Å². The van der Waals surface area contributed by atoms with Gasteiger partial charge in [-0.05, 0) is 69.1 Å². The van der Waals surface area contributed by atoms with Crippen LogP contribution in [0, 0.1) is 17.3 Å². The highest BCUT2D eigenvalue weighted by atomic mass is 16.5. The summed E-state index contributed by atoms with van der Waals surface area (Å²) in [5.74, 6) is 5.53. The highest BCUT2D eigenvalue weighted by molar-refractivity contribution is 6.41. The first-order chi connectivity index (χ1) is 16.1. The molecule has 1 saturated carbocycles. The van der Waals surface area contributed by atoms with Crippen molar-refractivity contribution in [3.05, 3.63) is 53.3 Å². The van der Waals surface area contributed by atoms with E-state index in [2.05, 4.69) is 35.0 Å². The molecule has 31 heavy (non-hydrogen) atoms. The Morgan fingerprint density at radius 3 is 2.71 bits per heavy atom. The first-order valence-electron chi connectivity index (χ1n) is 12.2. The van der Waals surface area contributed by atoms with E-state index in [1.165, 1.54) is 5.56 Å². The molecule has 2 N–H and O–H groups in total. The van der Waals surface area contributed by atoms with Gasteiger partial charge in [-0.3, -0.25) is 9.98 Å². The van der Waals surface area contributed by atoms with Crippen LogP contribution in [0.15, 0.2) is 46.6 Å². The van der Waals surface area contributed by atoms with Crippen molar-refractivity contribution in [3.8, 4) is 23.0 Å². The van der Waals surface area contributed by atoms with Gasteiger partial charge in [-0.15, -0.1) is 5.92 Å². The Hall–Kier alpha value is -2.97. The fraction of sp³-hybridized carbons (Fsp3) is 0.423. The maximum atomic E-state index is 7.32. The summed E-state index contributed by atoms with van der Waals surface area (Å²) in [5.41, 5.74) is 11.0. The topological polar surface area (TPSA) is 72.9 Å². The molecule has 5 nitrogen and oxygen atoms in total. The number of nitrogens with zero attached hydrogens (tertiary/aromatic N) is 3. The van der Waals surface area contributed by atoms with Crippen molar-refractivity contribution in [1.82, 2.24) is 4.98 Å². The third kappa shape index (κ3) is 3.01. The number of rotatable bonds is 2. The minimum absolute atomic E-state index is 0.114. The van der Waals surface area contributed by atoms with Gasteiger partial charge in [0.2, 0.25) is 0 Å². The summed E-state index contributed by atoms with van der Waals surface area (Å²) in [6.07, 6.45) is 8.46. The molecular weight excluding hydrogens is 384 g/mol. The highest BCUT2D eigenvalue weighted by Crippen LogP contribution is 2.62. The molecule has 0 radical (unpaired) electrons. The monoisotopic (exact) mass is 415 g/mol. The largest absolute Gasteiger partial charge is 0.382 e. The smallest absolute Gasteiger partial charge is 0.184 e. The highest BCUT2D eigenvalue weighted by Gasteiger charge is 2.60. The van der Waals surface area contributed by atoms with E-state index < -0.39 is 12.5 Å². The predicted octanol–water partition coefficient (Wildman–Crippen LogP) is 4.24. The van der Waals surface area contributed by atoms with Crippen molar-refractivity contribution in [2.45, 2.75) is 57.6 Å². The van der Waals surface area contributed by atoms with Crippen LogP contribution in [0.3, 0.4) is 0 Å². The third-order valence-electron chi connectivity index (χ3n) is 7.24. The van der Waals surface area contributed by atoms with Crippen LogP contribution in [0.1, 0.15) is 60.3 Å². The Labute approximate surface area is 188 Å². The van der Waals surface area contributed by atoms with Crippen molar-refractivity contribution in [3.63, 3.8) is 0 Å². The van der Waals surface area contributed by atoms with E-state index >= 15 is 0 Å². The molecule has 2 aromatic rings. The van der Waals surface area contributed by atoms with Gasteiger partial charge in [0, 0.05) is 45.7 Å². The summed E-state index contributed by atoms with van der Waals surface area (Å²) < 4.78 is 27.6. The number of benzene rings is 1. The molecule has 1 aromatic heterocycles. The molecule has 2 aliphatic carbocycles. The quantitative estimate of drug-likeness (QED) is 0.746. The van der Waals surface area contributed by atoms with E-state index in [0.717, 1.165) is 54.5 Å². The van der Waals surface area contributed by atoms with Gasteiger partial charge in [-0.1, -0.05) is 18.1 Å². The van der Waals surface area contributed by atoms with Crippen LogP contribution in [-0.4, -0.2) is 29.7 Å². The van der Waals surface area contributed by atoms with E-state index in [9.17, 15) is 0 Å². The predicted molar refractivity (Wildman–Crippen MR) is 124 cm³/mol. The fourth-order valence-corrected chi connectivity index (χ4v) is 5.59. The van der Waals surface area contributed by atoms with Gasteiger partial charge in [0.1, 0.15) is 5.84 Å². The standard InChI is InChI=1S/C26H28N4O/c1-4-5-18-12-21(16-28-15-18)19-6-7-20-14-25(10-8-22(31-3)9-11-25)26(23(20)13-19)29-17(2)24(27)30-26/h6-7,12-13,15-16,22H,8-11,14H2,1-3H3,(H2,27,30)/t22-,25-,26-/m0/s1/i1D3. The van der Waals surface area contributed by atoms with Gasteiger partial charge in [0.15, 0.2) is 5.66 Å². The Morgan fingerprint density at radius 2 is 2.00 bits per heavy atom. The van der Waals surface area contributed by atoms with Crippen LogP contribution in [0.25, 0.3) is 11.1 Å². The van der Waals surface area contributed by atoms with Crippen LogP contribution in [0.5, 0.6) is 0 Å². The van der Waals surface area contributed by atoms with Gasteiger partial charge < -0.3 is 10.5 Å². The SMILES string of the molecule is [2H]C([2H])([2H])C#Cc1cncc(-c2ccc3c(c2)[C@@]2(N=C(C)C(N)=N2)[C@]2(CC[C@H](OC)CC2)C3)c1. The molecule has 158 valence electrons. The number of nitrogens with two attached hydrogens (primary N) is 1. The van der Waals surface area contributed by atoms with Crippen molar-refractivity contribution in [2.75, 3.05) is 7.11 Å². The van der Waals surface area contributed by atoms with Gasteiger partial charge >= 0.3 is 0 Å². The number of fused-ring (bicyclic) bond motifs is 3. The Kier molecular flexibility index (Phi) is 3.94. The first-order valence-corrected chi connectivity index (χ1v) is 10.7. The lowest BCUT2D eigenvalue weighted by atomic mass is 9.65. The van der Waals surface area contributed by atoms with Crippen molar-refractivity contribution >= 4 is 11.5 Å². The number of amidine groups is 1. The molecule has 1 aromatic carbocycles. The average Bonchev–Trinajstić information content (AvgIpc) is 3.25. The Bertz CT molecular complexity index is 1240. The molecule has 2 heterocycles. The summed E-state index contributed by atoms with van der Waals surface area (Å²) in [5, 5.41) is 0. The summed E-state index contributed by atoms with van der Waals surface area (Å²) in [6, 6.07) is 8.28. The Morgan fingerprint density at radius 1 is 1.16 bits per heavy atom. The lowest BCUT2D eigenvalue weighted by Gasteiger charge is -2.44. The maximum Gasteiger partial charge on any atom is 0.184 e. The Balaban J connectivity index is 1.58. The van der Waals surface area contributed by atoms with Gasteiger partial charge in [-0.25, -0.2) is 4.99 Å². The van der Waals surface area contributed by atoms with Crippen LogP contribution in [0.2, 0.25) is 0 Å². The molecule has 3 aliphatic rings. The number of aromatic nitrogens is 1. The van der Waals surface area contributed by atoms with E-state index in [4.69, 9.17) is 24.6 Å². The molecule has 1 atom stereocenters. The first kappa shape index (κ1) is 16.7. The van der Waals surface area contributed by atoms with E-state index in [1.807, 2.05) is 13.0 Å². The van der Waals surface area contributed by atoms with Gasteiger partial charge in [0.05, 0.1) is 11.8 Å². The molecule has 5 rings (SSSR count). The number of hydrogen-bond acceptors (Lipinski definition) is 5. The molecule has 0 saturated heterocycles. The lowest BCUT2D eigenvalue weighted by molar-refractivity contribution is -0.000372. The van der Waals surface area contributed by atoms with Crippen LogP contribution in [-0.2, 0) is 16.8 Å². The number of ether oxygens (including phenoxy) is 1. The molecule has 2 spiro atoms. The summed E-state index contributed by atoms with van der Waals surface area (Å²) >= 11 is 0. The average molecular weight is 416 g/mol. The number of hydrogen-bond donors (Lipinski definition) is 1. The summed E-state index contributed by atoms with van der Waals surface area (Å²) in [7, 11) is 1.78. The van der Waals surface area contributed by atoms with Crippen molar-refractivity contribution < 1.29 is 8.85 Å². The second kappa shape index (κ2) is 7.32. The number of pyridine rings is 1. The molecule has 1 aliphatic heterocycles.